The van der Waals surface area contributed by atoms with Crippen molar-refractivity contribution < 1.29 is 22.7 Å². The zero-order valence-corrected chi connectivity index (χ0v) is 22.6. The van der Waals surface area contributed by atoms with Crippen LogP contribution in [0, 0.1) is 5.92 Å². The molecule has 0 radical (unpaired) electrons. The molecular formula is C29H32N4O5S. The van der Waals surface area contributed by atoms with Crippen LogP contribution in [0.15, 0.2) is 77.8 Å². The summed E-state index contributed by atoms with van der Waals surface area (Å²) < 4.78 is 34.0. The number of hydrogen-bond acceptors (Lipinski definition) is 6. The largest absolute Gasteiger partial charge is 0.481 e. The molecule has 2 fully saturated rings. The van der Waals surface area contributed by atoms with Crippen molar-refractivity contribution in [1.82, 2.24) is 19.9 Å². The van der Waals surface area contributed by atoms with E-state index in [0.29, 0.717) is 38.1 Å². The average molecular weight is 549 g/mol. The van der Waals surface area contributed by atoms with Crippen LogP contribution in [0.4, 0.5) is 0 Å². The summed E-state index contributed by atoms with van der Waals surface area (Å²) in [7, 11) is -2.16. The van der Waals surface area contributed by atoms with Crippen LogP contribution in [-0.4, -0.2) is 56.4 Å². The second-order valence-corrected chi connectivity index (χ2v) is 11.7. The molecule has 0 bridgehead atoms. The minimum Gasteiger partial charge on any atom is -0.481 e. The second kappa shape index (κ2) is 11.5. The number of amides is 2. The number of nitrogens with one attached hydrogen (secondary N) is 2. The van der Waals surface area contributed by atoms with Gasteiger partial charge in [0.1, 0.15) is 6.54 Å². The fourth-order valence-electron chi connectivity index (χ4n) is 5.32. The van der Waals surface area contributed by atoms with Crippen LogP contribution in [0.3, 0.4) is 0 Å². The van der Waals surface area contributed by atoms with Gasteiger partial charge in [0.25, 0.3) is 0 Å². The predicted octanol–water partition coefficient (Wildman–Crippen LogP) is 3.29. The van der Waals surface area contributed by atoms with E-state index in [9.17, 15) is 18.0 Å². The Hall–Kier alpha value is -3.76. The number of aromatic nitrogens is 1. The number of pyridine rings is 1. The lowest BCUT2D eigenvalue weighted by Gasteiger charge is -2.39. The molecular weight excluding hydrogens is 516 g/mol. The van der Waals surface area contributed by atoms with Gasteiger partial charge in [-0.15, -0.1) is 0 Å². The Morgan fingerprint density at radius 2 is 1.67 bits per heavy atom. The maximum Gasteiger partial charge on any atom is 0.240 e. The van der Waals surface area contributed by atoms with Crippen molar-refractivity contribution in [2.45, 2.75) is 42.7 Å². The molecule has 10 heteroatoms. The van der Waals surface area contributed by atoms with Gasteiger partial charge >= 0.3 is 0 Å². The maximum atomic E-state index is 13.5. The van der Waals surface area contributed by atoms with Crippen molar-refractivity contribution >= 4 is 21.8 Å². The number of methoxy groups -OCH3 is 1. The van der Waals surface area contributed by atoms with Crippen LogP contribution < -0.4 is 14.8 Å². The molecule has 2 aliphatic rings. The van der Waals surface area contributed by atoms with Gasteiger partial charge in [-0.3, -0.25) is 9.59 Å². The Morgan fingerprint density at radius 3 is 2.31 bits per heavy atom. The normalized spacial score (nSPS) is 21.7. The highest BCUT2D eigenvalue weighted by molar-refractivity contribution is 7.89. The number of piperazine rings is 1. The highest BCUT2D eigenvalue weighted by Gasteiger charge is 2.37. The van der Waals surface area contributed by atoms with Crippen LogP contribution >= 0.6 is 0 Å². The van der Waals surface area contributed by atoms with E-state index in [1.54, 1.807) is 48.5 Å². The molecule has 3 aromatic rings. The molecule has 0 spiro atoms. The van der Waals surface area contributed by atoms with Gasteiger partial charge in [-0.1, -0.05) is 42.5 Å². The molecule has 1 saturated heterocycles. The van der Waals surface area contributed by atoms with Gasteiger partial charge in [0, 0.05) is 36.3 Å². The minimum absolute atomic E-state index is 0.0353. The first-order chi connectivity index (χ1) is 18.8. The molecule has 2 N–H and O–H groups in total. The summed E-state index contributed by atoms with van der Waals surface area (Å²) in [6.45, 7) is 0.422. The summed E-state index contributed by atoms with van der Waals surface area (Å²) in [5.74, 6) is 0.0751. The molecule has 5 rings (SSSR count). The van der Waals surface area contributed by atoms with E-state index >= 15 is 0 Å². The predicted molar refractivity (Wildman–Crippen MR) is 146 cm³/mol. The summed E-state index contributed by atoms with van der Waals surface area (Å²) in [5, 5.41) is 2.87. The first kappa shape index (κ1) is 26.8. The monoisotopic (exact) mass is 548 g/mol. The summed E-state index contributed by atoms with van der Waals surface area (Å²) in [4.78, 5) is 31.7. The number of nitrogens with zero attached hydrogens (tertiary/aromatic N) is 2. The number of carbonyl (C=O) groups is 2. The third-order valence-corrected chi connectivity index (χ3v) is 9.03. The van der Waals surface area contributed by atoms with Crippen molar-refractivity contribution in [3.8, 4) is 17.0 Å². The molecule has 1 aromatic heterocycles. The molecule has 9 nitrogen and oxygen atoms in total. The molecule has 2 heterocycles. The Balaban J connectivity index is 1.19. The van der Waals surface area contributed by atoms with Crippen molar-refractivity contribution in [2.24, 2.45) is 5.92 Å². The topological polar surface area (TPSA) is 118 Å². The van der Waals surface area contributed by atoms with Gasteiger partial charge in [0.15, 0.2) is 0 Å². The van der Waals surface area contributed by atoms with E-state index in [1.165, 1.54) is 0 Å². The summed E-state index contributed by atoms with van der Waals surface area (Å²) >= 11 is 0. The number of carbonyl (C=O) groups excluding carboxylic acids is 2. The van der Waals surface area contributed by atoms with Gasteiger partial charge in [-0.2, -0.15) is 0 Å². The molecule has 2 aromatic carbocycles. The number of hydrogen-bond donors (Lipinski definition) is 2. The molecule has 0 unspecified atom stereocenters. The van der Waals surface area contributed by atoms with E-state index in [1.807, 2.05) is 36.4 Å². The van der Waals surface area contributed by atoms with E-state index in [4.69, 9.17) is 4.74 Å². The smallest absolute Gasteiger partial charge is 0.240 e. The van der Waals surface area contributed by atoms with Gasteiger partial charge in [-0.05, 0) is 55.0 Å². The minimum atomic E-state index is -3.71. The molecule has 1 aliphatic heterocycles. The average Bonchev–Trinajstić information content (AvgIpc) is 2.97. The zero-order valence-electron chi connectivity index (χ0n) is 21.7. The van der Waals surface area contributed by atoms with Crippen LogP contribution in [0.1, 0.15) is 37.3 Å². The van der Waals surface area contributed by atoms with E-state index in [-0.39, 0.29) is 41.3 Å². The van der Waals surface area contributed by atoms with Crippen LogP contribution in [0.2, 0.25) is 0 Å². The molecule has 39 heavy (non-hydrogen) atoms. The number of benzene rings is 2. The van der Waals surface area contributed by atoms with Gasteiger partial charge < -0.3 is 15.0 Å². The van der Waals surface area contributed by atoms with Crippen molar-refractivity contribution in [1.29, 1.82) is 0 Å². The fraction of sp³-hybridized carbons (Fsp3) is 0.345. The Bertz CT molecular complexity index is 1400. The molecule has 2 amide bonds. The standard InChI is InChI=1S/C29H32N4O5S/c1-38-28-16-11-23(17-31-28)20-9-14-25(15-10-20)39(36,37)32-24-12-7-22(8-13-24)29(35)33-19-27(34)30-18-26(33)21-5-3-2-4-6-21/h2-6,9-11,14-17,22,24,26,32H,7-8,12-13,18-19H2,1H3,(H,30,34)/t22-,24-,26-/m1/s1. The van der Waals surface area contributed by atoms with Crippen molar-refractivity contribution in [3.05, 3.63) is 78.5 Å². The maximum absolute atomic E-state index is 13.5. The fourth-order valence-corrected chi connectivity index (χ4v) is 6.63. The zero-order chi connectivity index (χ0) is 27.4. The molecule has 204 valence electrons. The first-order valence-corrected chi connectivity index (χ1v) is 14.6. The number of rotatable bonds is 7. The summed E-state index contributed by atoms with van der Waals surface area (Å²) in [6, 6.07) is 19.6. The van der Waals surface area contributed by atoms with Crippen molar-refractivity contribution in [3.63, 3.8) is 0 Å². The van der Waals surface area contributed by atoms with Crippen LogP contribution in [0.25, 0.3) is 11.1 Å². The molecule has 1 saturated carbocycles. The van der Waals surface area contributed by atoms with Gasteiger partial charge in [0.05, 0.1) is 18.0 Å². The van der Waals surface area contributed by atoms with Gasteiger partial charge in [0.2, 0.25) is 27.7 Å². The molecule has 1 atom stereocenters. The lowest BCUT2D eigenvalue weighted by Crippen LogP contribution is -2.54. The van der Waals surface area contributed by atoms with E-state index in [0.717, 1.165) is 16.7 Å². The van der Waals surface area contributed by atoms with Crippen LogP contribution in [0.5, 0.6) is 5.88 Å². The highest BCUT2D eigenvalue weighted by atomic mass is 32.2. The Labute approximate surface area is 228 Å². The Kier molecular flexibility index (Phi) is 7.94. The van der Waals surface area contributed by atoms with E-state index in [2.05, 4.69) is 15.0 Å². The third kappa shape index (κ3) is 6.12. The first-order valence-electron chi connectivity index (χ1n) is 13.1. The lowest BCUT2D eigenvalue weighted by molar-refractivity contribution is -0.145. The highest BCUT2D eigenvalue weighted by Crippen LogP contribution is 2.31. The lowest BCUT2D eigenvalue weighted by atomic mass is 9.85. The second-order valence-electron chi connectivity index (χ2n) is 9.98. The van der Waals surface area contributed by atoms with E-state index < -0.39 is 10.0 Å². The third-order valence-electron chi connectivity index (χ3n) is 7.49. The van der Waals surface area contributed by atoms with Crippen LogP contribution in [-0.2, 0) is 19.6 Å². The Morgan fingerprint density at radius 1 is 0.974 bits per heavy atom. The van der Waals surface area contributed by atoms with Gasteiger partial charge in [-0.25, -0.2) is 18.1 Å². The summed E-state index contributed by atoms with van der Waals surface area (Å²) in [6.07, 6.45) is 3.92. The molecule has 1 aliphatic carbocycles. The number of ether oxygens (including phenoxy) is 1. The van der Waals surface area contributed by atoms with Crippen molar-refractivity contribution in [2.75, 3.05) is 20.2 Å². The number of sulfonamides is 1. The quantitative estimate of drug-likeness (QED) is 0.468. The summed E-state index contributed by atoms with van der Waals surface area (Å²) in [5.41, 5.74) is 2.70. The SMILES string of the molecule is COc1ccc(-c2ccc(S(=O)(=O)N[C@H]3CC[C@H](C(=O)N4CC(=O)NC[C@@H]4c4ccccc4)CC3)cc2)cn1.